The second kappa shape index (κ2) is 11.9. The minimum Gasteiger partial charge on any atom is -0.481 e. The molecule has 0 saturated carbocycles. The van der Waals surface area contributed by atoms with Crippen LogP contribution in [0.15, 0.2) is 60.9 Å². The highest BCUT2D eigenvalue weighted by atomic mass is 35.5. The van der Waals surface area contributed by atoms with Gasteiger partial charge in [-0.25, -0.2) is 9.97 Å². The van der Waals surface area contributed by atoms with Crippen molar-refractivity contribution in [1.82, 2.24) is 34.6 Å². The SMILES string of the molecule is Cn1ccc(-c2nc(N)c(OCc3cccc(C(O)N4CCC(C(=O)O)CC4)n3)nc2-c2cc(Cl)c3ncccc3c2)n1. The highest BCUT2D eigenvalue weighted by molar-refractivity contribution is 6.35. The fraction of sp³-hybridized carbons (Fsp3) is 0.267. The Balaban J connectivity index is 1.28. The van der Waals surface area contributed by atoms with E-state index >= 15 is 0 Å². The number of carboxylic acid groups (broad SMARTS) is 1. The number of likely N-dealkylation sites (tertiary alicyclic amines) is 1. The average Bonchev–Trinajstić information content (AvgIpc) is 3.46. The quantitative estimate of drug-likeness (QED) is 0.235. The predicted octanol–water partition coefficient (Wildman–Crippen LogP) is 4.09. The molecule has 0 bridgehead atoms. The Labute approximate surface area is 251 Å². The van der Waals surface area contributed by atoms with Crippen LogP contribution in [0.25, 0.3) is 33.5 Å². The summed E-state index contributed by atoms with van der Waals surface area (Å²) in [6, 6.07) is 14.6. The van der Waals surface area contributed by atoms with Crippen molar-refractivity contribution in [2.24, 2.45) is 13.0 Å². The molecule has 1 saturated heterocycles. The predicted molar refractivity (Wildman–Crippen MR) is 160 cm³/mol. The van der Waals surface area contributed by atoms with Gasteiger partial charge in [0.05, 0.1) is 27.8 Å². The number of pyridine rings is 2. The second-order valence-electron chi connectivity index (χ2n) is 10.4. The molecule has 0 amide bonds. The maximum Gasteiger partial charge on any atom is 0.306 e. The number of aliphatic hydroxyl groups is 1. The molecule has 0 spiro atoms. The van der Waals surface area contributed by atoms with E-state index < -0.39 is 12.2 Å². The maximum absolute atomic E-state index is 11.3. The van der Waals surface area contributed by atoms with Gasteiger partial charge in [0.1, 0.15) is 23.7 Å². The van der Waals surface area contributed by atoms with Crippen molar-refractivity contribution in [3.05, 3.63) is 77.3 Å². The zero-order valence-electron chi connectivity index (χ0n) is 23.3. The Morgan fingerprint density at radius 1 is 1.12 bits per heavy atom. The number of carboxylic acids is 1. The first-order valence-electron chi connectivity index (χ1n) is 13.7. The van der Waals surface area contributed by atoms with E-state index in [1.54, 1.807) is 41.3 Å². The maximum atomic E-state index is 11.3. The normalized spacial score (nSPS) is 15.0. The van der Waals surface area contributed by atoms with Crippen LogP contribution in [0.5, 0.6) is 5.88 Å². The van der Waals surface area contributed by atoms with Crippen LogP contribution in [0.2, 0.25) is 5.02 Å². The summed E-state index contributed by atoms with van der Waals surface area (Å²) in [5.41, 5.74) is 10.2. The fourth-order valence-corrected chi connectivity index (χ4v) is 5.46. The molecule has 1 unspecified atom stereocenters. The number of rotatable bonds is 8. The first kappa shape index (κ1) is 28.5. The van der Waals surface area contributed by atoms with Crippen molar-refractivity contribution in [2.45, 2.75) is 25.7 Å². The van der Waals surface area contributed by atoms with E-state index in [2.05, 4.69) is 20.1 Å². The summed E-state index contributed by atoms with van der Waals surface area (Å²) < 4.78 is 7.69. The molecular weight excluding hydrogens is 572 g/mol. The number of ether oxygens (including phenoxy) is 1. The molecule has 4 aromatic heterocycles. The molecule has 6 rings (SSSR count). The van der Waals surface area contributed by atoms with Gasteiger partial charge in [-0.05, 0) is 49.2 Å². The molecular formula is C30H29ClN8O4. The summed E-state index contributed by atoms with van der Waals surface area (Å²) in [7, 11) is 1.81. The van der Waals surface area contributed by atoms with E-state index in [-0.39, 0.29) is 24.2 Å². The molecule has 0 aliphatic carbocycles. The van der Waals surface area contributed by atoms with Gasteiger partial charge in [-0.2, -0.15) is 5.10 Å². The Kier molecular flexibility index (Phi) is 7.89. The van der Waals surface area contributed by atoms with Gasteiger partial charge in [-0.3, -0.25) is 24.3 Å². The molecule has 5 aromatic rings. The van der Waals surface area contributed by atoms with Crippen LogP contribution in [0.1, 0.15) is 30.5 Å². The van der Waals surface area contributed by atoms with Gasteiger partial charge >= 0.3 is 5.97 Å². The Bertz CT molecular complexity index is 1800. The lowest BCUT2D eigenvalue weighted by Gasteiger charge is -2.33. The molecule has 12 nitrogen and oxygen atoms in total. The van der Waals surface area contributed by atoms with Crippen LogP contribution >= 0.6 is 11.6 Å². The number of halogens is 1. The van der Waals surface area contributed by atoms with Crippen molar-refractivity contribution >= 4 is 34.3 Å². The zero-order valence-corrected chi connectivity index (χ0v) is 24.0. The highest BCUT2D eigenvalue weighted by Crippen LogP contribution is 2.36. The summed E-state index contributed by atoms with van der Waals surface area (Å²) >= 11 is 6.60. The number of aliphatic carboxylic acids is 1. The zero-order chi connectivity index (χ0) is 30.1. The van der Waals surface area contributed by atoms with Gasteiger partial charge in [-0.1, -0.05) is 23.7 Å². The minimum absolute atomic E-state index is 0.0191. The number of carbonyl (C=O) groups is 1. The third-order valence-corrected chi connectivity index (χ3v) is 7.74. The number of benzene rings is 1. The van der Waals surface area contributed by atoms with Gasteiger partial charge in [0, 0.05) is 43.5 Å². The molecule has 1 aliphatic rings. The van der Waals surface area contributed by atoms with Crippen LogP contribution in [0.4, 0.5) is 5.82 Å². The topological polar surface area (TPSA) is 165 Å². The number of aliphatic hydroxyl groups excluding tert-OH is 1. The van der Waals surface area contributed by atoms with Crippen LogP contribution < -0.4 is 10.5 Å². The van der Waals surface area contributed by atoms with Crippen molar-refractivity contribution in [2.75, 3.05) is 18.8 Å². The smallest absolute Gasteiger partial charge is 0.306 e. The summed E-state index contributed by atoms with van der Waals surface area (Å²) in [5.74, 6) is -0.999. The Morgan fingerprint density at radius 3 is 2.67 bits per heavy atom. The standard InChI is InChI=1S/C30H29ClN8O4/c1-38-11-9-22(37-38)26-25(19-14-18-4-3-10-33-24(18)21(31)15-19)36-28(27(32)35-26)43-16-20-5-2-6-23(34-20)29(40)39-12-7-17(8-13-39)30(41)42/h2-6,9-11,14-15,17,29,40H,7-8,12-13,16H2,1H3,(H2,32,35)(H,41,42). The van der Waals surface area contributed by atoms with Crippen molar-refractivity contribution in [3.63, 3.8) is 0 Å². The number of anilines is 1. The van der Waals surface area contributed by atoms with Crippen molar-refractivity contribution in [1.29, 1.82) is 0 Å². The number of nitrogens with two attached hydrogens (primary N) is 1. The minimum atomic E-state index is -0.962. The first-order valence-corrected chi connectivity index (χ1v) is 14.1. The van der Waals surface area contributed by atoms with Gasteiger partial charge in [0.15, 0.2) is 12.0 Å². The molecule has 1 aromatic carbocycles. The number of aryl methyl sites for hydroxylation is 1. The van der Waals surface area contributed by atoms with Gasteiger partial charge in [0.2, 0.25) is 0 Å². The summed E-state index contributed by atoms with van der Waals surface area (Å²) in [5, 5.41) is 26.0. The Hall–Kier alpha value is -4.65. The van der Waals surface area contributed by atoms with E-state index in [4.69, 9.17) is 27.1 Å². The van der Waals surface area contributed by atoms with Gasteiger partial charge < -0.3 is 20.7 Å². The molecule has 0 radical (unpaired) electrons. The lowest BCUT2D eigenvalue weighted by Crippen LogP contribution is -2.39. The number of hydrogen-bond acceptors (Lipinski definition) is 10. The molecule has 5 heterocycles. The molecule has 1 aliphatic heterocycles. The number of hydrogen-bond donors (Lipinski definition) is 3. The van der Waals surface area contributed by atoms with Crippen LogP contribution in [0.3, 0.4) is 0 Å². The Morgan fingerprint density at radius 2 is 1.93 bits per heavy atom. The third-order valence-electron chi connectivity index (χ3n) is 7.45. The van der Waals surface area contributed by atoms with Crippen LogP contribution in [-0.2, 0) is 18.4 Å². The number of piperidine rings is 1. The fourth-order valence-electron chi connectivity index (χ4n) is 5.19. The largest absolute Gasteiger partial charge is 0.481 e. The van der Waals surface area contributed by atoms with Gasteiger partial charge in [-0.15, -0.1) is 0 Å². The second-order valence-corrected chi connectivity index (χ2v) is 10.8. The number of aromatic nitrogens is 6. The van der Waals surface area contributed by atoms with E-state index in [9.17, 15) is 15.0 Å². The lowest BCUT2D eigenvalue weighted by atomic mass is 9.97. The summed E-state index contributed by atoms with van der Waals surface area (Å²) in [6.07, 6.45) is 3.48. The summed E-state index contributed by atoms with van der Waals surface area (Å²) in [6.45, 7) is 0.950. The third kappa shape index (κ3) is 5.98. The van der Waals surface area contributed by atoms with E-state index in [0.717, 1.165) is 5.39 Å². The monoisotopic (exact) mass is 600 g/mol. The van der Waals surface area contributed by atoms with Crippen LogP contribution in [-0.4, -0.2) is 63.9 Å². The summed E-state index contributed by atoms with van der Waals surface area (Å²) in [4.78, 5) is 31.5. The van der Waals surface area contributed by atoms with Crippen molar-refractivity contribution in [3.8, 4) is 28.5 Å². The molecule has 43 heavy (non-hydrogen) atoms. The van der Waals surface area contributed by atoms with E-state index in [1.165, 1.54) is 0 Å². The molecule has 4 N–H and O–H groups in total. The lowest BCUT2D eigenvalue weighted by molar-refractivity contribution is -0.144. The first-order chi connectivity index (χ1) is 20.8. The van der Waals surface area contributed by atoms with Crippen LogP contribution in [0, 0.1) is 5.92 Å². The number of fused-ring (bicyclic) bond motifs is 1. The molecule has 1 fully saturated rings. The number of nitrogens with zero attached hydrogens (tertiary/aromatic N) is 7. The average molecular weight is 601 g/mol. The molecule has 220 valence electrons. The molecule has 13 heteroatoms. The highest BCUT2D eigenvalue weighted by Gasteiger charge is 2.29. The van der Waals surface area contributed by atoms with Gasteiger partial charge in [0.25, 0.3) is 5.88 Å². The number of nitrogen functional groups attached to an aromatic ring is 1. The molecule has 1 atom stereocenters. The van der Waals surface area contributed by atoms with E-state index in [0.29, 0.717) is 70.5 Å². The van der Waals surface area contributed by atoms with Crippen molar-refractivity contribution < 1.29 is 19.7 Å². The van der Waals surface area contributed by atoms with E-state index in [1.807, 2.05) is 36.2 Å².